The van der Waals surface area contributed by atoms with Gasteiger partial charge in [-0.15, -0.1) is 0 Å². The Morgan fingerprint density at radius 1 is 0.405 bits per heavy atom. The van der Waals surface area contributed by atoms with Gasteiger partial charge in [-0.05, 0) is 211 Å². The van der Waals surface area contributed by atoms with Crippen LogP contribution in [-0.2, 0) is 8.85 Å². The zero-order chi connectivity index (χ0) is 91.6. The van der Waals surface area contributed by atoms with Gasteiger partial charge in [0, 0.05) is 79.3 Å². The molecular formula is C96H112F4N8O16Si2. The van der Waals surface area contributed by atoms with E-state index < -0.39 is 61.5 Å². The van der Waals surface area contributed by atoms with Gasteiger partial charge in [0.1, 0.15) is 45.9 Å². The molecule has 126 heavy (non-hydrogen) atoms. The van der Waals surface area contributed by atoms with Crippen LogP contribution < -0.4 is 39.9 Å². The number of nitrogens with zero attached hydrogens (tertiary/aromatic N) is 6. The monoisotopic (exact) mass is 1760 g/mol. The van der Waals surface area contributed by atoms with Crippen molar-refractivity contribution in [2.45, 2.75) is 181 Å². The molecule has 0 aromatic heterocycles. The summed E-state index contributed by atoms with van der Waals surface area (Å²) in [5, 5.41) is 24.7. The molecule has 4 atom stereocenters. The van der Waals surface area contributed by atoms with E-state index in [-0.39, 0.29) is 130 Å². The molecule has 0 unspecified atom stereocenters. The van der Waals surface area contributed by atoms with E-state index >= 15 is 0 Å². The van der Waals surface area contributed by atoms with Gasteiger partial charge in [-0.1, -0.05) is 104 Å². The minimum atomic E-state index is -2.25. The molecule has 0 saturated heterocycles. The molecule has 8 aromatic carbocycles. The van der Waals surface area contributed by atoms with Crippen LogP contribution in [0, 0.1) is 57.3 Å². The smallest absolute Gasteiger partial charge is 0.286 e. The average molecular weight is 1770 g/mol. The summed E-state index contributed by atoms with van der Waals surface area (Å²) in [6.07, 6.45) is 11.1. The summed E-state index contributed by atoms with van der Waals surface area (Å²) >= 11 is 0. The first-order valence-electron chi connectivity index (χ1n) is 42.1. The molecule has 0 bridgehead atoms. The van der Waals surface area contributed by atoms with Gasteiger partial charge in [-0.3, -0.25) is 39.4 Å². The zero-order valence-electron chi connectivity index (χ0n) is 74.3. The highest BCUT2D eigenvalue weighted by molar-refractivity contribution is 6.74. The van der Waals surface area contributed by atoms with Gasteiger partial charge in [0.2, 0.25) is 0 Å². The van der Waals surface area contributed by atoms with Gasteiger partial charge in [0.15, 0.2) is 39.6 Å². The maximum Gasteiger partial charge on any atom is 0.286 e. The number of amides is 4. The quantitative estimate of drug-likeness (QED) is 0.00988. The fraction of sp³-hybridized carbons (Fsp3) is 0.375. The Morgan fingerprint density at radius 2 is 0.667 bits per heavy atom. The molecule has 0 fully saturated rings. The Hall–Kier alpha value is -12.1. The van der Waals surface area contributed by atoms with E-state index in [1.165, 1.54) is 90.7 Å². The third-order valence-electron chi connectivity index (χ3n) is 24.4. The van der Waals surface area contributed by atoms with Crippen molar-refractivity contribution >= 4 is 85.3 Å². The lowest BCUT2D eigenvalue weighted by molar-refractivity contribution is -0.385. The van der Waals surface area contributed by atoms with Crippen LogP contribution in [0.4, 0.5) is 40.3 Å². The SMILES string of the molecule is CC[C@@H]1CC(c2ccc(F)cc2)=CN1C(=O)c1cc(OC)c(OCCCOc2cc(N)c(C(=O)N3C=C(c4ccc(F)cc4)C[C@H]3CO[Si](C)(C)C(C)(C)C)cc2C)cc1N.CC[C@@H]1CC(c2ccc(F)cc2)=CN1C(=O)c1cc(OC)c(OCCCOc2cc([N+](=O)[O-])c(C(=O)N3C=C(c4ccc(F)cc4)C[C@H]3CO[Si](C)(C)C(C)(C)C)cc2C)cc1[N+](=O)[O-]. The van der Waals surface area contributed by atoms with Crippen molar-refractivity contribution in [3.05, 3.63) is 270 Å². The van der Waals surface area contributed by atoms with E-state index in [1.807, 2.05) is 33.2 Å². The van der Waals surface area contributed by atoms with E-state index in [0.717, 1.165) is 62.6 Å². The summed E-state index contributed by atoms with van der Waals surface area (Å²) in [6, 6.07) is 35.0. The summed E-state index contributed by atoms with van der Waals surface area (Å²) in [5.41, 5.74) is 20.7. The molecule has 0 spiro atoms. The predicted octanol–water partition coefficient (Wildman–Crippen LogP) is 21.1. The third kappa shape index (κ3) is 22.0. The number of nitro benzene ring substituents is 2. The number of methoxy groups -OCH3 is 2. The third-order valence-corrected chi connectivity index (χ3v) is 33.4. The molecule has 0 radical (unpaired) electrons. The number of ether oxygens (including phenoxy) is 6. The van der Waals surface area contributed by atoms with Crippen molar-refractivity contribution in [1.82, 2.24) is 19.6 Å². The van der Waals surface area contributed by atoms with Gasteiger partial charge < -0.3 is 68.3 Å². The fourth-order valence-corrected chi connectivity index (χ4v) is 16.9. The van der Waals surface area contributed by atoms with E-state index in [0.29, 0.717) is 85.7 Å². The Balaban J connectivity index is 0.000000245. The topological polar surface area (TPSA) is 293 Å². The molecule has 668 valence electrons. The van der Waals surface area contributed by atoms with Crippen molar-refractivity contribution in [2.75, 3.05) is 65.3 Å². The number of anilines is 2. The van der Waals surface area contributed by atoms with Gasteiger partial charge in [-0.25, -0.2) is 17.6 Å². The Morgan fingerprint density at radius 3 is 0.992 bits per heavy atom. The molecule has 0 aliphatic carbocycles. The first-order chi connectivity index (χ1) is 59.6. The minimum Gasteiger partial charge on any atom is -0.493 e. The molecule has 4 heterocycles. The van der Waals surface area contributed by atoms with Crippen LogP contribution in [0.15, 0.2) is 170 Å². The molecular weight excluding hydrogens is 1650 g/mol. The number of aryl methyl sites for hydroxylation is 2. The molecule has 4 aliphatic rings. The second-order valence-electron chi connectivity index (χ2n) is 35.0. The highest BCUT2D eigenvalue weighted by atomic mass is 28.4. The van der Waals surface area contributed by atoms with E-state index in [1.54, 1.807) is 102 Å². The van der Waals surface area contributed by atoms with Crippen LogP contribution in [0.3, 0.4) is 0 Å². The average Bonchev–Trinajstić information content (AvgIpc) is 1.59. The van der Waals surface area contributed by atoms with Crippen LogP contribution in [0.5, 0.6) is 34.5 Å². The van der Waals surface area contributed by atoms with Gasteiger partial charge >= 0.3 is 0 Å². The normalized spacial score (nSPS) is 16.5. The molecule has 0 saturated carbocycles. The highest BCUT2D eigenvalue weighted by Crippen LogP contribution is 2.45. The highest BCUT2D eigenvalue weighted by Gasteiger charge is 2.44. The van der Waals surface area contributed by atoms with Gasteiger partial charge in [-0.2, -0.15) is 0 Å². The second kappa shape index (κ2) is 40.0. The molecule has 24 nitrogen and oxygen atoms in total. The van der Waals surface area contributed by atoms with Gasteiger partial charge in [0.05, 0.1) is 99.1 Å². The summed E-state index contributed by atoms with van der Waals surface area (Å²) in [7, 11) is -1.52. The van der Waals surface area contributed by atoms with Crippen LogP contribution in [0.25, 0.3) is 22.3 Å². The van der Waals surface area contributed by atoms with Crippen molar-refractivity contribution in [3.63, 3.8) is 0 Å². The Kier molecular flexibility index (Phi) is 30.0. The maximum absolute atomic E-state index is 14.3. The summed E-state index contributed by atoms with van der Waals surface area (Å²) in [6.45, 7) is 30.1. The molecule has 12 rings (SSSR count). The molecule has 4 N–H and O–H groups in total. The first kappa shape index (κ1) is 94.5. The first-order valence-corrected chi connectivity index (χ1v) is 47.9. The number of nitro groups is 2. The minimum absolute atomic E-state index is 0.00406. The zero-order valence-corrected chi connectivity index (χ0v) is 76.3. The van der Waals surface area contributed by atoms with Crippen molar-refractivity contribution < 1.29 is 83.9 Å². The predicted molar refractivity (Wildman–Crippen MR) is 484 cm³/mol. The number of hydrogen-bond acceptors (Lipinski definition) is 18. The maximum atomic E-state index is 14.3. The lowest BCUT2D eigenvalue weighted by atomic mass is 10.0. The lowest BCUT2D eigenvalue weighted by Crippen LogP contribution is -2.45. The second-order valence-corrected chi connectivity index (χ2v) is 44.6. The standard InChI is InChI=1S/C48H54F2N4O10Si.C48H58F2N4O6Si/c1-9-37-22-33(31-11-15-35(49)16-12-31)27-51(37)47(56)40-24-44(61-6)45(26-42(40)54(59)60)63-20-10-19-62-43-25-41(53(57)58)39(21-30(43)2)46(55)52-28-34(32-13-17-36(50)18-14-32)23-38(52)29-64-65(7,8)48(3,4)5;1-9-37-22-33(31-11-15-35(49)16-12-31)27-53(37)47(56)40-24-44(57-6)45(26-42(40)52)59-20-10-19-58-43-25-41(51)39(21-30(43)2)46(55)54-28-34(32-13-17-36(50)18-14-32)23-38(54)29-60-61(7,8)48(3,4)5/h11-18,21,24-28,37-38H,9-10,19-20,22-23,29H2,1-8H3;11-18,21,24-28,37-38H,9-10,19-20,22-23,29,51-52H2,1-8H3/t2*37-,38+/m11/s1. The van der Waals surface area contributed by atoms with Crippen molar-refractivity contribution in [2.24, 2.45) is 0 Å². The number of carbonyl (C=O) groups is 4. The summed E-state index contributed by atoms with van der Waals surface area (Å²) in [4.78, 5) is 86.1. The number of benzene rings is 8. The number of carbonyl (C=O) groups excluding carboxylic acids is 4. The summed E-state index contributed by atoms with van der Waals surface area (Å²) in [5.74, 6) is -1.53. The van der Waals surface area contributed by atoms with E-state index in [9.17, 15) is 57.0 Å². The fourth-order valence-electron chi connectivity index (χ4n) is 14.8. The number of nitrogen functional groups attached to an aromatic ring is 2. The number of rotatable bonds is 32. The van der Waals surface area contributed by atoms with E-state index in [2.05, 4.69) is 67.7 Å². The molecule has 4 amide bonds. The molecule has 8 aromatic rings. The Labute approximate surface area is 735 Å². The van der Waals surface area contributed by atoms with Gasteiger partial charge in [0.25, 0.3) is 35.0 Å². The number of nitrogens with two attached hydrogens (primary N) is 2. The summed E-state index contributed by atoms with van der Waals surface area (Å²) < 4.78 is 103. The van der Waals surface area contributed by atoms with Crippen molar-refractivity contribution in [1.29, 1.82) is 0 Å². The van der Waals surface area contributed by atoms with Crippen LogP contribution in [0.2, 0.25) is 36.3 Å². The Bertz CT molecular complexity index is 5500. The largest absolute Gasteiger partial charge is 0.493 e. The number of halogens is 4. The lowest BCUT2D eigenvalue weighted by Gasteiger charge is -2.38. The van der Waals surface area contributed by atoms with Crippen LogP contribution in [-0.4, -0.2) is 148 Å². The molecule has 30 heteroatoms. The molecule has 4 aliphatic heterocycles. The van der Waals surface area contributed by atoms with Crippen LogP contribution in [0.1, 0.15) is 182 Å². The van der Waals surface area contributed by atoms with Crippen LogP contribution >= 0.6 is 0 Å². The number of hydrogen-bond donors (Lipinski definition) is 2. The van der Waals surface area contributed by atoms with E-state index in [4.69, 9.17) is 48.7 Å². The van der Waals surface area contributed by atoms with Crippen molar-refractivity contribution in [3.8, 4) is 34.5 Å².